The average Bonchev–Trinajstić information content (AvgIpc) is 2.97. The lowest BCUT2D eigenvalue weighted by atomic mass is 9.96. The number of fused-ring (bicyclic) bond motifs is 1. The highest BCUT2D eigenvalue weighted by atomic mass is 35.5. The third-order valence-corrected chi connectivity index (χ3v) is 4.27. The summed E-state index contributed by atoms with van der Waals surface area (Å²) < 4.78 is 1.84. The second-order valence-corrected chi connectivity index (χ2v) is 6.93. The summed E-state index contributed by atoms with van der Waals surface area (Å²) >= 11 is 7.35. The Bertz CT molecular complexity index is 737. The number of aromatic nitrogens is 4. The van der Waals surface area contributed by atoms with E-state index >= 15 is 0 Å². The van der Waals surface area contributed by atoms with Crippen LogP contribution in [-0.4, -0.2) is 19.8 Å². The van der Waals surface area contributed by atoms with E-state index in [4.69, 9.17) is 11.6 Å². The Kier molecular flexibility index (Phi) is 3.26. The molecule has 104 valence electrons. The number of benzene rings is 1. The van der Waals surface area contributed by atoms with Gasteiger partial charge in [0.25, 0.3) is 0 Å². The minimum absolute atomic E-state index is 0.0761. The molecule has 20 heavy (non-hydrogen) atoms. The van der Waals surface area contributed by atoms with Gasteiger partial charge in [0.15, 0.2) is 5.82 Å². The third-order valence-electron chi connectivity index (χ3n) is 3.02. The lowest BCUT2D eigenvalue weighted by Crippen LogP contribution is -2.16. The van der Waals surface area contributed by atoms with E-state index in [1.165, 1.54) is 0 Å². The number of hydrogen-bond acceptors (Lipinski definition) is 4. The first-order valence-corrected chi connectivity index (χ1v) is 7.72. The molecule has 0 fully saturated rings. The second kappa shape index (κ2) is 4.82. The van der Waals surface area contributed by atoms with Crippen LogP contribution in [-0.2, 0) is 11.3 Å². The third kappa shape index (κ3) is 2.31. The molecule has 0 spiro atoms. The van der Waals surface area contributed by atoms with Crippen LogP contribution in [0, 0.1) is 0 Å². The van der Waals surface area contributed by atoms with Crippen LogP contribution in [0.1, 0.15) is 32.2 Å². The minimum atomic E-state index is -0.0761. The van der Waals surface area contributed by atoms with E-state index in [1.807, 2.05) is 28.8 Å². The molecule has 0 saturated carbocycles. The molecule has 0 saturated heterocycles. The Balaban J connectivity index is 2.06. The van der Waals surface area contributed by atoms with E-state index in [1.54, 1.807) is 11.3 Å². The smallest absolute Gasteiger partial charge is 0.186 e. The molecule has 0 N–H and O–H groups in total. The van der Waals surface area contributed by atoms with Crippen molar-refractivity contribution in [1.82, 2.24) is 19.8 Å². The molecule has 0 unspecified atom stereocenters. The van der Waals surface area contributed by atoms with Crippen LogP contribution < -0.4 is 0 Å². The van der Waals surface area contributed by atoms with Gasteiger partial charge in [0, 0.05) is 16.9 Å². The number of rotatable bonds is 2. The molecular formula is C14H15ClN4S. The first kappa shape index (κ1) is 13.5. The Labute approximate surface area is 126 Å². The van der Waals surface area contributed by atoms with Crippen LogP contribution in [0.5, 0.6) is 0 Å². The molecule has 1 aromatic carbocycles. The van der Waals surface area contributed by atoms with Gasteiger partial charge in [0.1, 0.15) is 5.01 Å². The molecule has 0 bridgehead atoms. The highest BCUT2D eigenvalue weighted by Gasteiger charge is 2.23. The molecular weight excluding hydrogens is 292 g/mol. The first-order valence-electron chi connectivity index (χ1n) is 6.37. The van der Waals surface area contributed by atoms with Crippen LogP contribution in [0.3, 0.4) is 0 Å². The van der Waals surface area contributed by atoms with E-state index in [-0.39, 0.29) is 5.41 Å². The SMILES string of the molecule is CC(C)(C)c1nnc2sc(-c3ccc(CCl)cc3)nn12. The highest BCUT2D eigenvalue weighted by molar-refractivity contribution is 7.19. The van der Waals surface area contributed by atoms with Crippen molar-refractivity contribution in [3.8, 4) is 10.6 Å². The normalized spacial score (nSPS) is 12.2. The lowest BCUT2D eigenvalue weighted by Gasteiger charge is -2.13. The lowest BCUT2D eigenvalue weighted by molar-refractivity contribution is 0.528. The number of hydrogen-bond donors (Lipinski definition) is 0. The van der Waals surface area contributed by atoms with Gasteiger partial charge in [-0.25, -0.2) is 0 Å². The van der Waals surface area contributed by atoms with Crippen LogP contribution in [0.2, 0.25) is 0 Å². The van der Waals surface area contributed by atoms with Gasteiger partial charge in [-0.3, -0.25) is 0 Å². The van der Waals surface area contributed by atoms with Gasteiger partial charge in [-0.1, -0.05) is 56.4 Å². The van der Waals surface area contributed by atoms with Crippen molar-refractivity contribution >= 4 is 27.9 Å². The summed E-state index contributed by atoms with van der Waals surface area (Å²) in [6, 6.07) is 8.13. The van der Waals surface area contributed by atoms with Crippen molar-refractivity contribution in [1.29, 1.82) is 0 Å². The van der Waals surface area contributed by atoms with Crippen molar-refractivity contribution in [2.24, 2.45) is 0 Å². The van der Waals surface area contributed by atoms with Gasteiger partial charge in [-0.15, -0.1) is 21.8 Å². The number of alkyl halides is 1. The Hall–Kier alpha value is -1.46. The zero-order chi connectivity index (χ0) is 14.3. The molecule has 2 aromatic heterocycles. The van der Waals surface area contributed by atoms with Crippen LogP contribution in [0.4, 0.5) is 0 Å². The molecule has 6 heteroatoms. The zero-order valence-electron chi connectivity index (χ0n) is 11.6. The Morgan fingerprint density at radius 1 is 1.15 bits per heavy atom. The molecule has 0 aliphatic heterocycles. The maximum atomic E-state index is 5.81. The van der Waals surface area contributed by atoms with Crippen molar-refractivity contribution < 1.29 is 0 Å². The molecule has 0 aliphatic rings. The second-order valence-electron chi connectivity index (χ2n) is 5.71. The molecule has 2 heterocycles. The molecule has 0 amide bonds. The van der Waals surface area contributed by atoms with Gasteiger partial charge < -0.3 is 0 Å². The van der Waals surface area contributed by atoms with Crippen LogP contribution >= 0.6 is 22.9 Å². The van der Waals surface area contributed by atoms with Crippen molar-refractivity contribution in [2.75, 3.05) is 0 Å². The van der Waals surface area contributed by atoms with E-state index < -0.39 is 0 Å². The molecule has 3 rings (SSSR count). The molecule has 3 aromatic rings. The summed E-state index contributed by atoms with van der Waals surface area (Å²) in [5, 5.41) is 14.0. The van der Waals surface area contributed by atoms with Gasteiger partial charge in [-0.2, -0.15) is 9.61 Å². The maximum absolute atomic E-state index is 5.81. The first-order chi connectivity index (χ1) is 9.49. The molecule has 0 radical (unpaired) electrons. The number of halogens is 1. The number of nitrogens with zero attached hydrogens (tertiary/aromatic N) is 4. The van der Waals surface area contributed by atoms with Crippen molar-refractivity contribution in [3.05, 3.63) is 35.7 Å². The Morgan fingerprint density at radius 3 is 2.45 bits per heavy atom. The summed E-state index contributed by atoms with van der Waals surface area (Å²) in [7, 11) is 0. The largest absolute Gasteiger partial charge is 0.235 e. The topological polar surface area (TPSA) is 43.1 Å². The fraction of sp³-hybridized carbons (Fsp3) is 0.357. The van der Waals surface area contributed by atoms with Crippen LogP contribution in [0.15, 0.2) is 24.3 Å². The average molecular weight is 307 g/mol. The van der Waals surface area contributed by atoms with Crippen molar-refractivity contribution in [2.45, 2.75) is 32.1 Å². The van der Waals surface area contributed by atoms with Gasteiger partial charge in [0.05, 0.1) is 0 Å². The monoisotopic (exact) mass is 306 g/mol. The van der Waals surface area contributed by atoms with E-state index in [9.17, 15) is 0 Å². The summed E-state index contributed by atoms with van der Waals surface area (Å²) in [6.45, 7) is 6.33. The molecule has 0 aliphatic carbocycles. The minimum Gasteiger partial charge on any atom is -0.186 e. The van der Waals surface area contributed by atoms with Crippen LogP contribution in [0.25, 0.3) is 15.5 Å². The predicted octanol–water partition coefficient (Wildman–Crippen LogP) is 3.89. The Morgan fingerprint density at radius 2 is 1.85 bits per heavy atom. The van der Waals surface area contributed by atoms with Gasteiger partial charge in [0.2, 0.25) is 4.96 Å². The predicted molar refractivity (Wildman–Crippen MR) is 82.4 cm³/mol. The summed E-state index contributed by atoms with van der Waals surface area (Å²) in [6.07, 6.45) is 0. The van der Waals surface area contributed by atoms with Gasteiger partial charge in [-0.05, 0) is 5.56 Å². The van der Waals surface area contributed by atoms with E-state index in [0.29, 0.717) is 5.88 Å². The van der Waals surface area contributed by atoms with E-state index in [0.717, 1.165) is 26.9 Å². The zero-order valence-corrected chi connectivity index (χ0v) is 13.2. The molecule has 0 atom stereocenters. The van der Waals surface area contributed by atoms with E-state index in [2.05, 4.69) is 36.1 Å². The highest BCUT2D eigenvalue weighted by Crippen LogP contribution is 2.28. The quantitative estimate of drug-likeness (QED) is 0.675. The summed E-state index contributed by atoms with van der Waals surface area (Å²) in [5.74, 6) is 1.41. The van der Waals surface area contributed by atoms with Gasteiger partial charge >= 0.3 is 0 Å². The fourth-order valence-corrected chi connectivity index (χ4v) is 2.96. The maximum Gasteiger partial charge on any atom is 0.235 e. The van der Waals surface area contributed by atoms with Crippen molar-refractivity contribution in [3.63, 3.8) is 0 Å². The summed E-state index contributed by atoms with van der Waals surface area (Å²) in [4.78, 5) is 0.825. The summed E-state index contributed by atoms with van der Waals surface area (Å²) in [5.41, 5.74) is 2.11. The fourth-order valence-electron chi connectivity index (χ4n) is 1.94. The standard InChI is InChI=1S/C14H15ClN4S/c1-14(2,3)12-16-17-13-19(12)18-11(20-13)10-6-4-9(8-15)5-7-10/h4-7H,8H2,1-3H3. The molecule has 4 nitrogen and oxygen atoms in total.